The third-order valence-electron chi connectivity index (χ3n) is 4.83. The summed E-state index contributed by atoms with van der Waals surface area (Å²) < 4.78 is 0. The lowest BCUT2D eigenvalue weighted by molar-refractivity contribution is -0.128. The number of nitrogens with one attached hydrogen (secondary N) is 2. The number of rotatable bonds is 7. The lowest BCUT2D eigenvalue weighted by Gasteiger charge is -2.16. The minimum Gasteiger partial charge on any atom is -0.352 e. The Labute approximate surface area is 164 Å². The predicted octanol–water partition coefficient (Wildman–Crippen LogP) is 2.47. The van der Waals surface area contributed by atoms with Gasteiger partial charge in [0.25, 0.3) is 5.91 Å². The monoisotopic (exact) mass is 379 g/mol. The van der Waals surface area contributed by atoms with Crippen molar-refractivity contribution in [3.63, 3.8) is 0 Å². The standard InChI is InChI=1S/C22H25N3O3/c1-2-23-21(27)17-9-6-10-19(13-17)24-22(28)18-14-20(26)25(15-18)12-11-16-7-4-3-5-8-16/h3-10,13,18H,2,11-12,14-15H2,1H3,(H,23,27)(H,24,28)/t18-/m0/s1. The van der Waals surface area contributed by atoms with E-state index in [1.807, 2.05) is 37.3 Å². The molecule has 3 rings (SSSR count). The number of hydrogen-bond acceptors (Lipinski definition) is 3. The molecule has 28 heavy (non-hydrogen) atoms. The Morgan fingerprint density at radius 2 is 1.89 bits per heavy atom. The zero-order chi connectivity index (χ0) is 19.9. The summed E-state index contributed by atoms with van der Waals surface area (Å²) in [6.07, 6.45) is 0.992. The molecular formula is C22H25N3O3. The first-order valence-electron chi connectivity index (χ1n) is 9.57. The van der Waals surface area contributed by atoms with Crippen molar-refractivity contribution in [3.8, 4) is 0 Å². The molecule has 1 aliphatic heterocycles. The molecule has 2 N–H and O–H groups in total. The van der Waals surface area contributed by atoms with Crippen molar-refractivity contribution < 1.29 is 14.4 Å². The highest BCUT2D eigenvalue weighted by molar-refractivity contribution is 5.99. The predicted molar refractivity (Wildman–Crippen MR) is 108 cm³/mol. The van der Waals surface area contributed by atoms with E-state index in [1.54, 1.807) is 29.2 Å². The van der Waals surface area contributed by atoms with Crippen LogP contribution >= 0.6 is 0 Å². The molecule has 0 aromatic heterocycles. The molecule has 0 unspecified atom stereocenters. The van der Waals surface area contributed by atoms with Gasteiger partial charge in [-0.05, 0) is 37.1 Å². The lowest BCUT2D eigenvalue weighted by atomic mass is 10.1. The van der Waals surface area contributed by atoms with Gasteiger partial charge >= 0.3 is 0 Å². The molecule has 2 aromatic rings. The van der Waals surface area contributed by atoms with Crippen LogP contribution in [-0.2, 0) is 16.0 Å². The van der Waals surface area contributed by atoms with Crippen LogP contribution in [0.4, 0.5) is 5.69 Å². The van der Waals surface area contributed by atoms with Crippen molar-refractivity contribution >= 4 is 23.4 Å². The molecule has 6 heteroatoms. The summed E-state index contributed by atoms with van der Waals surface area (Å²) in [7, 11) is 0. The fourth-order valence-electron chi connectivity index (χ4n) is 3.32. The molecule has 1 aliphatic rings. The quantitative estimate of drug-likeness (QED) is 0.776. The van der Waals surface area contributed by atoms with Crippen molar-refractivity contribution in [1.29, 1.82) is 0 Å². The van der Waals surface area contributed by atoms with E-state index in [0.29, 0.717) is 30.9 Å². The molecule has 0 bridgehead atoms. The fraction of sp³-hybridized carbons (Fsp3) is 0.318. The van der Waals surface area contributed by atoms with Crippen LogP contribution in [0.1, 0.15) is 29.3 Å². The number of carbonyl (C=O) groups excluding carboxylic acids is 3. The van der Waals surface area contributed by atoms with E-state index in [4.69, 9.17) is 0 Å². The maximum absolute atomic E-state index is 12.6. The molecule has 0 saturated carbocycles. The van der Waals surface area contributed by atoms with Gasteiger partial charge in [0.1, 0.15) is 0 Å². The lowest BCUT2D eigenvalue weighted by Crippen LogP contribution is -2.30. The van der Waals surface area contributed by atoms with Crippen LogP contribution in [0, 0.1) is 5.92 Å². The molecule has 0 aliphatic carbocycles. The first-order chi connectivity index (χ1) is 13.6. The van der Waals surface area contributed by atoms with E-state index in [-0.39, 0.29) is 30.1 Å². The number of benzene rings is 2. The minimum atomic E-state index is -0.378. The second kappa shape index (κ2) is 9.17. The van der Waals surface area contributed by atoms with Crippen LogP contribution in [0.3, 0.4) is 0 Å². The number of anilines is 1. The molecule has 146 valence electrons. The summed E-state index contributed by atoms with van der Waals surface area (Å²) in [5.74, 6) is -0.742. The normalized spacial score (nSPS) is 16.1. The average molecular weight is 379 g/mol. The van der Waals surface area contributed by atoms with Crippen molar-refractivity contribution in [1.82, 2.24) is 10.2 Å². The van der Waals surface area contributed by atoms with Gasteiger partial charge in [0.2, 0.25) is 11.8 Å². The minimum absolute atomic E-state index is 0.00663. The molecule has 2 aromatic carbocycles. The summed E-state index contributed by atoms with van der Waals surface area (Å²) >= 11 is 0. The van der Waals surface area contributed by atoms with E-state index >= 15 is 0 Å². The molecule has 1 fully saturated rings. The Hall–Kier alpha value is -3.15. The smallest absolute Gasteiger partial charge is 0.251 e. The Kier molecular flexibility index (Phi) is 6.42. The van der Waals surface area contributed by atoms with Gasteiger partial charge in [0.15, 0.2) is 0 Å². The van der Waals surface area contributed by atoms with Gasteiger partial charge in [-0.25, -0.2) is 0 Å². The second-order valence-electron chi connectivity index (χ2n) is 6.91. The molecule has 1 saturated heterocycles. The molecule has 1 atom stereocenters. The SMILES string of the molecule is CCNC(=O)c1cccc(NC(=O)[C@H]2CC(=O)N(CCc3ccccc3)C2)c1. The number of hydrogen-bond donors (Lipinski definition) is 2. The van der Waals surface area contributed by atoms with E-state index in [9.17, 15) is 14.4 Å². The van der Waals surface area contributed by atoms with Crippen molar-refractivity contribution in [2.75, 3.05) is 25.0 Å². The summed E-state index contributed by atoms with van der Waals surface area (Å²) in [6.45, 7) is 3.43. The molecule has 0 radical (unpaired) electrons. The van der Waals surface area contributed by atoms with Gasteiger partial charge < -0.3 is 15.5 Å². The van der Waals surface area contributed by atoms with Gasteiger partial charge in [-0.3, -0.25) is 14.4 Å². The number of nitrogens with zero attached hydrogens (tertiary/aromatic N) is 1. The first kappa shape index (κ1) is 19.6. The van der Waals surface area contributed by atoms with Crippen LogP contribution in [-0.4, -0.2) is 42.3 Å². The van der Waals surface area contributed by atoms with Crippen LogP contribution in [0.5, 0.6) is 0 Å². The van der Waals surface area contributed by atoms with E-state index in [2.05, 4.69) is 10.6 Å². The first-order valence-corrected chi connectivity index (χ1v) is 9.57. The third kappa shape index (κ3) is 4.97. The van der Waals surface area contributed by atoms with Gasteiger partial charge in [-0.2, -0.15) is 0 Å². The Bertz CT molecular complexity index is 851. The summed E-state index contributed by atoms with van der Waals surface area (Å²) in [5, 5.41) is 5.57. The second-order valence-corrected chi connectivity index (χ2v) is 6.91. The Morgan fingerprint density at radius 1 is 1.11 bits per heavy atom. The maximum atomic E-state index is 12.6. The summed E-state index contributed by atoms with van der Waals surface area (Å²) in [4.78, 5) is 38.6. The van der Waals surface area contributed by atoms with Crippen LogP contribution in [0.25, 0.3) is 0 Å². The zero-order valence-corrected chi connectivity index (χ0v) is 16.0. The van der Waals surface area contributed by atoms with Crippen LogP contribution in [0.2, 0.25) is 0 Å². The highest BCUT2D eigenvalue weighted by atomic mass is 16.2. The summed E-state index contributed by atoms with van der Waals surface area (Å²) in [6, 6.07) is 16.8. The molecule has 1 heterocycles. The zero-order valence-electron chi connectivity index (χ0n) is 16.0. The topological polar surface area (TPSA) is 78.5 Å². The van der Waals surface area contributed by atoms with E-state index in [0.717, 1.165) is 6.42 Å². The van der Waals surface area contributed by atoms with Crippen molar-refractivity contribution in [2.24, 2.45) is 5.92 Å². The van der Waals surface area contributed by atoms with Gasteiger partial charge in [0, 0.05) is 37.3 Å². The van der Waals surface area contributed by atoms with Gasteiger partial charge in [-0.15, -0.1) is 0 Å². The summed E-state index contributed by atoms with van der Waals surface area (Å²) in [5.41, 5.74) is 2.22. The van der Waals surface area contributed by atoms with E-state index in [1.165, 1.54) is 5.56 Å². The third-order valence-corrected chi connectivity index (χ3v) is 4.83. The van der Waals surface area contributed by atoms with Gasteiger partial charge in [0.05, 0.1) is 5.92 Å². The molecule has 3 amide bonds. The Balaban J connectivity index is 1.56. The maximum Gasteiger partial charge on any atom is 0.251 e. The number of likely N-dealkylation sites (tertiary alicyclic amines) is 1. The highest BCUT2D eigenvalue weighted by Crippen LogP contribution is 2.21. The average Bonchev–Trinajstić information content (AvgIpc) is 3.08. The highest BCUT2D eigenvalue weighted by Gasteiger charge is 2.34. The van der Waals surface area contributed by atoms with E-state index < -0.39 is 0 Å². The van der Waals surface area contributed by atoms with Crippen LogP contribution in [0.15, 0.2) is 54.6 Å². The fourth-order valence-corrected chi connectivity index (χ4v) is 3.32. The Morgan fingerprint density at radius 3 is 2.64 bits per heavy atom. The molecule has 6 nitrogen and oxygen atoms in total. The van der Waals surface area contributed by atoms with Gasteiger partial charge in [-0.1, -0.05) is 36.4 Å². The number of amides is 3. The van der Waals surface area contributed by atoms with Crippen molar-refractivity contribution in [3.05, 3.63) is 65.7 Å². The molecular weight excluding hydrogens is 354 g/mol. The van der Waals surface area contributed by atoms with Crippen molar-refractivity contribution in [2.45, 2.75) is 19.8 Å². The van der Waals surface area contributed by atoms with Crippen LogP contribution < -0.4 is 10.6 Å². The molecule has 0 spiro atoms. The largest absolute Gasteiger partial charge is 0.352 e. The number of carbonyl (C=O) groups is 3.